The first-order chi connectivity index (χ1) is 16.2. The second-order valence-corrected chi connectivity index (χ2v) is 10.4. The second-order valence-electron chi connectivity index (χ2n) is 8.16. The molecule has 3 aromatic carbocycles. The highest BCUT2D eigenvalue weighted by Crippen LogP contribution is 2.46. The Morgan fingerprint density at radius 2 is 1.65 bits per heavy atom. The summed E-state index contributed by atoms with van der Waals surface area (Å²) < 4.78 is 42.9. The van der Waals surface area contributed by atoms with Crippen molar-refractivity contribution in [2.45, 2.75) is 23.8 Å². The summed E-state index contributed by atoms with van der Waals surface area (Å²) in [6.07, 6.45) is 0. The van der Waals surface area contributed by atoms with Gasteiger partial charge >= 0.3 is 0 Å². The van der Waals surface area contributed by atoms with E-state index >= 15 is 0 Å². The highest BCUT2D eigenvalue weighted by atomic mass is 35.5. The molecule has 0 saturated carbocycles. The summed E-state index contributed by atoms with van der Waals surface area (Å²) in [6, 6.07) is 20.9. The van der Waals surface area contributed by atoms with Gasteiger partial charge in [-0.3, -0.25) is 10.4 Å². The van der Waals surface area contributed by atoms with E-state index in [-0.39, 0.29) is 23.3 Å². The predicted molar refractivity (Wildman–Crippen MR) is 132 cm³/mol. The molecule has 34 heavy (non-hydrogen) atoms. The van der Waals surface area contributed by atoms with Crippen molar-refractivity contribution in [2.75, 3.05) is 20.1 Å². The zero-order chi connectivity index (χ0) is 24.5. The molecule has 3 aromatic rings. The van der Waals surface area contributed by atoms with Crippen LogP contribution in [0.15, 0.2) is 83.8 Å². The molecule has 1 heterocycles. The second kappa shape index (κ2) is 9.74. The van der Waals surface area contributed by atoms with Gasteiger partial charge in [0.25, 0.3) is 10.0 Å². The zero-order valence-electron chi connectivity index (χ0n) is 18.9. The molecule has 0 aliphatic carbocycles. The summed E-state index contributed by atoms with van der Waals surface area (Å²) in [5, 5.41) is 10.8. The van der Waals surface area contributed by atoms with Crippen LogP contribution in [0, 0.1) is 11.2 Å². The number of hydrazine groups is 1. The molecule has 1 fully saturated rings. The Bertz CT molecular complexity index is 1250. The number of rotatable bonds is 5. The van der Waals surface area contributed by atoms with E-state index in [2.05, 4.69) is 0 Å². The third kappa shape index (κ3) is 4.53. The van der Waals surface area contributed by atoms with E-state index in [1.807, 2.05) is 49.4 Å². The van der Waals surface area contributed by atoms with Gasteiger partial charge < -0.3 is 4.90 Å². The lowest BCUT2D eigenvalue weighted by atomic mass is 9.89. The molecule has 0 radical (unpaired) electrons. The molecular weight excluding hydrogens is 475 g/mol. The van der Waals surface area contributed by atoms with Crippen LogP contribution in [0.1, 0.15) is 30.0 Å². The van der Waals surface area contributed by atoms with Crippen LogP contribution in [0.25, 0.3) is 0 Å². The van der Waals surface area contributed by atoms with Crippen molar-refractivity contribution in [3.05, 3.63) is 101 Å². The maximum Gasteiger partial charge on any atom is 0.260 e. The number of sulfonamides is 1. The largest absolute Gasteiger partial charge is 0.345 e. The Morgan fingerprint density at radius 3 is 2.24 bits per heavy atom. The molecule has 1 aliphatic rings. The van der Waals surface area contributed by atoms with Crippen LogP contribution in [-0.4, -0.2) is 48.8 Å². The summed E-state index contributed by atoms with van der Waals surface area (Å²) in [5.74, 6) is -0.721. The van der Waals surface area contributed by atoms with E-state index in [1.54, 1.807) is 24.1 Å². The maximum atomic E-state index is 14.0. The predicted octanol–water partition coefficient (Wildman–Crippen LogP) is 5.11. The Labute approximate surface area is 204 Å². The van der Waals surface area contributed by atoms with Gasteiger partial charge in [0.15, 0.2) is 0 Å². The minimum Gasteiger partial charge on any atom is -0.345 e. The van der Waals surface area contributed by atoms with Crippen molar-refractivity contribution in [3.63, 3.8) is 0 Å². The first kappa shape index (κ1) is 24.2. The summed E-state index contributed by atoms with van der Waals surface area (Å²) in [6.45, 7) is 2.71. The Kier molecular flexibility index (Phi) is 6.93. The lowest BCUT2D eigenvalue weighted by Gasteiger charge is -2.35. The van der Waals surface area contributed by atoms with Gasteiger partial charge in [-0.25, -0.2) is 12.8 Å². The van der Waals surface area contributed by atoms with E-state index in [0.29, 0.717) is 11.6 Å². The standard InChI is InChI=1S/C25H26ClFN4O2S/c1-3-29(2)25(28)30-17-23(18-7-5-4-6-8-18)24(19-9-11-20(26)12-10-19)31(30)34(32,33)22-15-13-21(27)14-16-22/h4-16,23-24,28H,3,17H2,1-2H3. The minimum absolute atomic E-state index is 0.0430. The van der Waals surface area contributed by atoms with Crippen molar-refractivity contribution >= 4 is 27.6 Å². The van der Waals surface area contributed by atoms with E-state index < -0.39 is 21.9 Å². The summed E-state index contributed by atoms with van der Waals surface area (Å²) in [4.78, 5) is 1.64. The fourth-order valence-corrected chi connectivity index (χ4v) is 5.99. The number of hydrogen-bond acceptors (Lipinski definition) is 3. The molecule has 0 aromatic heterocycles. The van der Waals surface area contributed by atoms with Crippen molar-refractivity contribution < 1.29 is 12.8 Å². The zero-order valence-corrected chi connectivity index (χ0v) is 20.5. The number of halogens is 2. The first-order valence-electron chi connectivity index (χ1n) is 10.9. The molecule has 1 aliphatic heterocycles. The van der Waals surface area contributed by atoms with Crippen LogP contribution < -0.4 is 0 Å². The maximum absolute atomic E-state index is 14.0. The van der Waals surface area contributed by atoms with Gasteiger partial charge in [-0.1, -0.05) is 58.5 Å². The molecular formula is C25H26ClFN4O2S. The number of guanidine groups is 1. The molecule has 1 saturated heterocycles. The smallest absolute Gasteiger partial charge is 0.260 e. The Balaban J connectivity index is 1.92. The van der Waals surface area contributed by atoms with E-state index in [9.17, 15) is 12.8 Å². The topological polar surface area (TPSA) is 67.7 Å². The van der Waals surface area contributed by atoms with Crippen molar-refractivity contribution in [1.29, 1.82) is 5.41 Å². The number of benzene rings is 3. The highest BCUT2D eigenvalue weighted by molar-refractivity contribution is 7.89. The van der Waals surface area contributed by atoms with Gasteiger partial charge in [-0.2, -0.15) is 0 Å². The van der Waals surface area contributed by atoms with Gasteiger partial charge in [0.05, 0.1) is 10.9 Å². The molecule has 9 heteroatoms. The first-order valence-corrected chi connectivity index (χ1v) is 12.7. The Hall–Kier alpha value is -2.94. The van der Waals surface area contributed by atoms with Gasteiger partial charge in [-0.15, -0.1) is 0 Å². The van der Waals surface area contributed by atoms with Gasteiger partial charge in [-0.05, 0) is 54.4 Å². The molecule has 1 N–H and O–H groups in total. The van der Waals surface area contributed by atoms with Crippen molar-refractivity contribution in [3.8, 4) is 0 Å². The molecule has 4 rings (SSSR count). The molecule has 2 unspecified atom stereocenters. The molecule has 2 atom stereocenters. The quantitative estimate of drug-likeness (QED) is 0.390. The molecule has 6 nitrogen and oxygen atoms in total. The lowest BCUT2D eigenvalue weighted by molar-refractivity contribution is 0.156. The number of hydrogen-bond donors (Lipinski definition) is 1. The SMILES string of the molecule is CCN(C)C(=N)N1CC(c2ccccc2)C(c2ccc(Cl)cc2)N1S(=O)(=O)c1ccc(F)cc1. The molecule has 0 amide bonds. The average Bonchev–Trinajstić information content (AvgIpc) is 3.26. The van der Waals surface area contributed by atoms with Crippen LogP contribution in [0.2, 0.25) is 5.02 Å². The van der Waals surface area contributed by atoms with Crippen LogP contribution in [0.5, 0.6) is 0 Å². The van der Waals surface area contributed by atoms with Gasteiger partial charge in [0, 0.05) is 31.1 Å². The molecule has 0 spiro atoms. The van der Waals surface area contributed by atoms with Crippen LogP contribution >= 0.6 is 11.6 Å². The van der Waals surface area contributed by atoms with Crippen LogP contribution in [-0.2, 0) is 10.0 Å². The average molecular weight is 501 g/mol. The van der Waals surface area contributed by atoms with Gasteiger partial charge in [0.2, 0.25) is 5.96 Å². The van der Waals surface area contributed by atoms with E-state index in [0.717, 1.165) is 23.3 Å². The summed E-state index contributed by atoms with van der Waals surface area (Å²) in [7, 11) is -2.40. The van der Waals surface area contributed by atoms with Crippen LogP contribution in [0.4, 0.5) is 4.39 Å². The van der Waals surface area contributed by atoms with Crippen LogP contribution in [0.3, 0.4) is 0 Å². The summed E-state index contributed by atoms with van der Waals surface area (Å²) in [5.41, 5.74) is 1.70. The molecule has 0 bridgehead atoms. The molecule has 178 valence electrons. The highest BCUT2D eigenvalue weighted by Gasteiger charge is 2.49. The fraction of sp³-hybridized carbons (Fsp3) is 0.240. The fourth-order valence-electron chi connectivity index (χ4n) is 4.20. The van der Waals surface area contributed by atoms with Gasteiger partial charge in [0.1, 0.15) is 5.82 Å². The van der Waals surface area contributed by atoms with E-state index in [1.165, 1.54) is 21.6 Å². The minimum atomic E-state index is -4.15. The lowest BCUT2D eigenvalue weighted by Crippen LogP contribution is -2.50. The third-order valence-corrected chi connectivity index (χ3v) is 8.14. The van der Waals surface area contributed by atoms with Crippen molar-refractivity contribution in [1.82, 2.24) is 14.3 Å². The number of nitrogens with one attached hydrogen (secondary N) is 1. The third-order valence-electron chi connectivity index (χ3n) is 6.10. The monoisotopic (exact) mass is 500 g/mol. The Morgan fingerprint density at radius 1 is 1.03 bits per heavy atom. The summed E-state index contributed by atoms with van der Waals surface area (Å²) >= 11 is 6.13. The van der Waals surface area contributed by atoms with E-state index in [4.69, 9.17) is 17.0 Å². The number of nitrogens with zero attached hydrogens (tertiary/aromatic N) is 3. The normalized spacial score (nSPS) is 18.8. The van der Waals surface area contributed by atoms with Crippen molar-refractivity contribution in [2.24, 2.45) is 0 Å².